The Kier molecular flexibility index (Phi) is 5.11. The van der Waals surface area contributed by atoms with E-state index in [4.69, 9.17) is 5.73 Å². The van der Waals surface area contributed by atoms with Crippen LogP contribution in [0.5, 0.6) is 0 Å². The van der Waals surface area contributed by atoms with Crippen LogP contribution in [0.25, 0.3) is 0 Å². The van der Waals surface area contributed by atoms with Gasteiger partial charge in [0, 0.05) is 31.0 Å². The van der Waals surface area contributed by atoms with Crippen molar-refractivity contribution in [2.75, 3.05) is 11.9 Å². The molecule has 1 atom stereocenters. The molecule has 0 saturated heterocycles. The summed E-state index contributed by atoms with van der Waals surface area (Å²) in [5.41, 5.74) is 7.49. The van der Waals surface area contributed by atoms with E-state index < -0.39 is 0 Å². The lowest BCUT2D eigenvalue weighted by Gasteiger charge is -2.16. The van der Waals surface area contributed by atoms with Crippen molar-refractivity contribution in [1.29, 1.82) is 0 Å². The molecule has 0 radical (unpaired) electrons. The minimum Gasteiger partial charge on any atom is -0.363 e. The van der Waals surface area contributed by atoms with Crippen LogP contribution in [-0.2, 0) is 13.0 Å². The van der Waals surface area contributed by atoms with Crippen molar-refractivity contribution in [1.82, 2.24) is 9.55 Å². The number of hydrogen-bond acceptors (Lipinski definition) is 4. The van der Waals surface area contributed by atoms with E-state index >= 15 is 0 Å². The van der Waals surface area contributed by atoms with Crippen molar-refractivity contribution >= 4 is 5.82 Å². The third-order valence-electron chi connectivity index (χ3n) is 3.37. The Hall–Kier alpha value is -2.14. The zero-order chi connectivity index (χ0) is 15.2. The number of benzene rings is 1. The van der Waals surface area contributed by atoms with E-state index in [2.05, 4.69) is 22.4 Å². The van der Waals surface area contributed by atoms with E-state index in [9.17, 15) is 4.79 Å². The van der Waals surface area contributed by atoms with Crippen LogP contribution in [0.4, 0.5) is 5.82 Å². The Labute approximate surface area is 124 Å². The number of nitrogens with two attached hydrogens (primary N) is 1. The topological polar surface area (TPSA) is 72.9 Å². The van der Waals surface area contributed by atoms with Crippen molar-refractivity contribution in [3.05, 3.63) is 58.1 Å². The van der Waals surface area contributed by atoms with Gasteiger partial charge in [-0.3, -0.25) is 4.79 Å². The Morgan fingerprint density at radius 2 is 2.05 bits per heavy atom. The van der Waals surface area contributed by atoms with Crippen LogP contribution in [0.2, 0.25) is 0 Å². The van der Waals surface area contributed by atoms with Gasteiger partial charge in [0.05, 0.1) is 0 Å². The molecule has 0 aliphatic heterocycles. The van der Waals surface area contributed by atoms with Crippen molar-refractivity contribution < 1.29 is 0 Å². The van der Waals surface area contributed by atoms with Gasteiger partial charge in [0.25, 0.3) is 5.56 Å². The van der Waals surface area contributed by atoms with Crippen LogP contribution in [0.3, 0.4) is 0 Å². The summed E-state index contributed by atoms with van der Waals surface area (Å²) in [5.74, 6) is 0.387. The highest BCUT2D eigenvalue weighted by Crippen LogP contribution is 2.06. The molecule has 1 aromatic heterocycles. The number of aromatic nitrogens is 2. The molecular formula is C16H22N4O. The van der Waals surface area contributed by atoms with E-state index in [0.717, 1.165) is 12.1 Å². The predicted molar refractivity (Wildman–Crippen MR) is 85.5 cm³/mol. The van der Waals surface area contributed by atoms with Crippen molar-refractivity contribution in [2.45, 2.75) is 32.9 Å². The van der Waals surface area contributed by atoms with Crippen LogP contribution in [0, 0.1) is 6.92 Å². The van der Waals surface area contributed by atoms with Gasteiger partial charge >= 0.3 is 0 Å². The van der Waals surface area contributed by atoms with E-state index in [1.807, 2.05) is 32.0 Å². The molecule has 0 fully saturated rings. The standard InChI is InChI=1S/C16H22N4O/c1-12(10-14-6-4-3-5-7-14)19-15-16(21)20(9-8-17)13(2)11-18-15/h3-7,11-12H,8-10,17H2,1-2H3,(H,18,19). The molecule has 2 aromatic rings. The van der Waals surface area contributed by atoms with Gasteiger partial charge in [-0.05, 0) is 25.8 Å². The second-order valence-corrected chi connectivity index (χ2v) is 5.23. The molecule has 0 bridgehead atoms. The fourth-order valence-electron chi connectivity index (χ4n) is 2.33. The first kappa shape index (κ1) is 15.3. The smallest absolute Gasteiger partial charge is 0.293 e. The maximum atomic E-state index is 12.4. The van der Waals surface area contributed by atoms with Gasteiger partial charge in [-0.15, -0.1) is 0 Å². The summed E-state index contributed by atoms with van der Waals surface area (Å²) >= 11 is 0. The Morgan fingerprint density at radius 3 is 2.71 bits per heavy atom. The third-order valence-corrected chi connectivity index (χ3v) is 3.37. The summed E-state index contributed by atoms with van der Waals surface area (Å²) in [6.45, 7) is 4.85. The first-order valence-electron chi connectivity index (χ1n) is 7.18. The van der Waals surface area contributed by atoms with Gasteiger partial charge in [-0.1, -0.05) is 30.3 Å². The largest absolute Gasteiger partial charge is 0.363 e. The number of hydrogen-bond donors (Lipinski definition) is 2. The minimum atomic E-state index is -0.111. The van der Waals surface area contributed by atoms with Crippen molar-refractivity contribution in [3.63, 3.8) is 0 Å². The lowest BCUT2D eigenvalue weighted by Crippen LogP contribution is -2.31. The lowest BCUT2D eigenvalue weighted by atomic mass is 10.1. The molecule has 112 valence electrons. The van der Waals surface area contributed by atoms with Crippen LogP contribution in [-0.4, -0.2) is 22.1 Å². The van der Waals surface area contributed by atoms with Crippen LogP contribution < -0.4 is 16.6 Å². The van der Waals surface area contributed by atoms with Gasteiger partial charge in [-0.25, -0.2) is 4.98 Å². The van der Waals surface area contributed by atoms with Gasteiger partial charge in [0.15, 0.2) is 5.82 Å². The number of rotatable bonds is 6. The SMILES string of the molecule is Cc1cnc(NC(C)Cc2ccccc2)c(=O)n1CCN. The summed E-state index contributed by atoms with van der Waals surface area (Å²) in [7, 11) is 0. The molecule has 5 nitrogen and oxygen atoms in total. The number of anilines is 1. The quantitative estimate of drug-likeness (QED) is 0.845. The first-order chi connectivity index (χ1) is 10.1. The average molecular weight is 286 g/mol. The monoisotopic (exact) mass is 286 g/mol. The highest BCUT2D eigenvalue weighted by atomic mass is 16.1. The number of nitrogens with zero attached hydrogens (tertiary/aromatic N) is 2. The van der Waals surface area contributed by atoms with Crippen LogP contribution in [0.15, 0.2) is 41.3 Å². The molecule has 3 N–H and O–H groups in total. The molecule has 0 spiro atoms. The van der Waals surface area contributed by atoms with Gasteiger partial charge < -0.3 is 15.6 Å². The summed E-state index contributed by atoms with van der Waals surface area (Å²) in [5, 5.41) is 3.20. The third kappa shape index (κ3) is 3.92. The maximum absolute atomic E-state index is 12.4. The molecule has 21 heavy (non-hydrogen) atoms. The second kappa shape index (κ2) is 7.04. The highest BCUT2D eigenvalue weighted by Gasteiger charge is 2.10. The summed E-state index contributed by atoms with van der Waals surface area (Å²) in [6.07, 6.45) is 2.54. The van der Waals surface area contributed by atoms with E-state index in [1.165, 1.54) is 5.56 Å². The lowest BCUT2D eigenvalue weighted by molar-refractivity contribution is 0.650. The van der Waals surface area contributed by atoms with Gasteiger partial charge in [0.1, 0.15) is 0 Å². The highest BCUT2D eigenvalue weighted by molar-refractivity contribution is 5.34. The first-order valence-corrected chi connectivity index (χ1v) is 7.18. The summed E-state index contributed by atoms with van der Waals surface area (Å²) in [6, 6.07) is 10.3. The normalized spacial score (nSPS) is 12.1. The average Bonchev–Trinajstić information content (AvgIpc) is 2.47. The zero-order valence-corrected chi connectivity index (χ0v) is 12.5. The summed E-state index contributed by atoms with van der Waals surface area (Å²) in [4.78, 5) is 16.6. The maximum Gasteiger partial charge on any atom is 0.293 e. The zero-order valence-electron chi connectivity index (χ0n) is 12.5. The molecule has 0 aliphatic rings. The Bertz CT molecular complexity index is 636. The van der Waals surface area contributed by atoms with Crippen molar-refractivity contribution in [2.24, 2.45) is 5.73 Å². The van der Waals surface area contributed by atoms with E-state index in [0.29, 0.717) is 18.9 Å². The Morgan fingerprint density at radius 1 is 1.33 bits per heavy atom. The predicted octanol–water partition coefficient (Wildman–Crippen LogP) is 1.55. The molecule has 0 amide bonds. The van der Waals surface area contributed by atoms with Crippen LogP contribution >= 0.6 is 0 Å². The molecule has 1 aromatic carbocycles. The molecular weight excluding hydrogens is 264 g/mol. The Balaban J connectivity index is 2.12. The molecule has 1 heterocycles. The number of aryl methyl sites for hydroxylation is 1. The van der Waals surface area contributed by atoms with Gasteiger partial charge in [-0.2, -0.15) is 0 Å². The van der Waals surface area contributed by atoms with Crippen molar-refractivity contribution in [3.8, 4) is 0 Å². The fraction of sp³-hybridized carbons (Fsp3) is 0.375. The van der Waals surface area contributed by atoms with Gasteiger partial charge in [0.2, 0.25) is 0 Å². The van der Waals surface area contributed by atoms with E-state index in [1.54, 1.807) is 10.8 Å². The minimum absolute atomic E-state index is 0.111. The summed E-state index contributed by atoms with van der Waals surface area (Å²) < 4.78 is 1.66. The van der Waals surface area contributed by atoms with Crippen LogP contribution in [0.1, 0.15) is 18.2 Å². The number of nitrogens with one attached hydrogen (secondary N) is 1. The molecule has 5 heteroatoms. The molecule has 1 unspecified atom stereocenters. The molecule has 2 rings (SSSR count). The molecule has 0 aliphatic carbocycles. The second-order valence-electron chi connectivity index (χ2n) is 5.23. The van der Waals surface area contributed by atoms with E-state index in [-0.39, 0.29) is 11.6 Å². The fourth-order valence-corrected chi connectivity index (χ4v) is 2.33. The molecule has 0 saturated carbocycles.